The number of aliphatic hydroxyl groups excluding tert-OH is 5. The molecule has 1 fully saturated rings. The Balaban J connectivity index is 2.61. The Kier molecular flexibility index (Phi) is 51.7. The average molecular weight is 1100 g/mol. The molecule has 0 aliphatic carbocycles. The van der Waals surface area contributed by atoms with Crippen molar-refractivity contribution >= 4 is 11.9 Å². The molecule has 0 aromatic carbocycles. The van der Waals surface area contributed by atoms with Crippen LogP contribution in [0.1, 0.15) is 290 Å². The highest BCUT2D eigenvalue weighted by molar-refractivity contribution is 5.80. The maximum absolute atomic E-state index is 13.4. The second-order valence-corrected chi connectivity index (χ2v) is 22.5. The van der Waals surface area contributed by atoms with Gasteiger partial charge < -0.3 is 45.1 Å². The summed E-state index contributed by atoms with van der Waals surface area (Å²) in [7, 11) is 0. The number of amides is 1. The number of aliphatic hydroxyl groups is 5. The molecule has 454 valence electrons. The lowest BCUT2D eigenvalue weighted by atomic mass is 9.99. The summed E-state index contributed by atoms with van der Waals surface area (Å²) < 4.78 is 17.6. The van der Waals surface area contributed by atoms with Gasteiger partial charge in [-0.2, -0.15) is 0 Å². The van der Waals surface area contributed by atoms with Gasteiger partial charge >= 0.3 is 5.97 Å². The van der Waals surface area contributed by atoms with Crippen molar-refractivity contribution in [3.63, 3.8) is 0 Å². The zero-order valence-electron chi connectivity index (χ0n) is 50.3. The molecule has 1 rings (SSSR count). The summed E-state index contributed by atoms with van der Waals surface area (Å²) in [6.07, 6.45) is 58.3. The largest absolute Gasteiger partial charge is 0.454 e. The summed E-state index contributed by atoms with van der Waals surface area (Å²) in [5.74, 6) is -1.20. The molecule has 11 nitrogen and oxygen atoms in total. The van der Waals surface area contributed by atoms with Crippen LogP contribution in [0.2, 0.25) is 0 Å². The van der Waals surface area contributed by atoms with Gasteiger partial charge in [-0.1, -0.05) is 261 Å². The van der Waals surface area contributed by atoms with Gasteiger partial charge in [-0.05, 0) is 83.5 Å². The number of ether oxygens (including phenoxy) is 3. The van der Waals surface area contributed by atoms with Gasteiger partial charge in [0.05, 0.1) is 25.4 Å². The number of rotatable bonds is 55. The lowest BCUT2D eigenvalue weighted by molar-refractivity contribution is -0.305. The van der Waals surface area contributed by atoms with Crippen molar-refractivity contribution < 1.29 is 49.3 Å². The molecule has 8 unspecified atom stereocenters. The fourth-order valence-electron chi connectivity index (χ4n) is 9.97. The molecule has 0 bridgehead atoms. The fraction of sp³-hybridized carbons (Fsp3) is 0.821. The fourth-order valence-corrected chi connectivity index (χ4v) is 9.97. The number of unbranched alkanes of at least 4 members (excludes halogenated alkanes) is 34. The zero-order valence-corrected chi connectivity index (χ0v) is 50.3. The van der Waals surface area contributed by atoms with E-state index in [2.05, 4.69) is 74.7 Å². The van der Waals surface area contributed by atoms with E-state index in [1.165, 1.54) is 161 Å². The van der Waals surface area contributed by atoms with Crippen LogP contribution in [0.5, 0.6) is 0 Å². The maximum Gasteiger partial charge on any atom is 0.306 e. The molecule has 0 radical (unpaired) electrons. The third kappa shape index (κ3) is 42.2. The van der Waals surface area contributed by atoms with Crippen molar-refractivity contribution in [2.24, 2.45) is 0 Å². The predicted molar refractivity (Wildman–Crippen MR) is 324 cm³/mol. The van der Waals surface area contributed by atoms with Crippen molar-refractivity contribution in [2.45, 2.75) is 339 Å². The molecule has 0 spiro atoms. The van der Waals surface area contributed by atoms with E-state index in [0.29, 0.717) is 12.8 Å². The van der Waals surface area contributed by atoms with Crippen LogP contribution in [-0.2, 0) is 23.8 Å². The first-order valence-electron chi connectivity index (χ1n) is 32.6. The van der Waals surface area contributed by atoms with Crippen molar-refractivity contribution in [3.8, 4) is 0 Å². The lowest BCUT2D eigenvalue weighted by Gasteiger charge is -2.41. The molecule has 11 heteroatoms. The SMILES string of the molecule is CCCCC/C=C\C/C=C\CCCCCCCCCCCCCCCC(=O)OC1C(OCC(NC(=O)C(O)CCCCCCC/C=C/C=C/CCCCC)C(O)/C=C/CCCCCCCCCCCC)OC(CO)C(O)C1O. The minimum atomic E-state index is -1.62. The molecule has 0 aromatic rings. The number of hydrogen-bond acceptors (Lipinski definition) is 10. The van der Waals surface area contributed by atoms with Gasteiger partial charge in [-0.3, -0.25) is 9.59 Å². The van der Waals surface area contributed by atoms with Gasteiger partial charge in [-0.15, -0.1) is 0 Å². The van der Waals surface area contributed by atoms with Crippen LogP contribution in [0.3, 0.4) is 0 Å². The molecule has 1 saturated heterocycles. The third-order valence-electron chi connectivity index (χ3n) is 15.2. The summed E-state index contributed by atoms with van der Waals surface area (Å²) in [6, 6.07) is -1.03. The molecule has 78 heavy (non-hydrogen) atoms. The number of carbonyl (C=O) groups is 2. The topological polar surface area (TPSA) is 175 Å². The standard InChI is InChI=1S/C67H121NO10/c1-4-7-10-13-16-19-22-25-27-28-29-30-31-32-33-34-35-37-40-43-46-49-52-55-62(72)78-65-64(74)63(73)61(56-69)77-67(65)76-57-58(59(70)53-50-47-44-41-38-24-21-18-15-12-9-6-3)68-66(75)60(71)54-51-48-45-42-39-36-26-23-20-17-14-11-8-5-2/h16-17,19-20,23,25-27,50,53,58-61,63-65,67,69-71,73-74H,4-15,18,21-22,24,28-49,51-52,54-57H2,1-3H3,(H,68,75)/b19-16-,20-17+,26-23+,27-25-,53-50+. The number of hydrogen-bond donors (Lipinski definition) is 6. The molecule has 0 aromatic heterocycles. The Morgan fingerprint density at radius 1 is 0.513 bits per heavy atom. The smallest absolute Gasteiger partial charge is 0.306 e. The molecule has 1 aliphatic rings. The molecule has 0 saturated carbocycles. The van der Waals surface area contributed by atoms with E-state index in [9.17, 15) is 35.1 Å². The number of allylic oxidation sites excluding steroid dienone is 9. The third-order valence-corrected chi connectivity index (χ3v) is 15.2. The van der Waals surface area contributed by atoms with Gasteiger partial charge in [0.25, 0.3) is 0 Å². The van der Waals surface area contributed by atoms with Crippen LogP contribution >= 0.6 is 0 Å². The van der Waals surface area contributed by atoms with Crippen molar-refractivity contribution in [3.05, 3.63) is 60.8 Å². The van der Waals surface area contributed by atoms with Crippen molar-refractivity contribution in [2.75, 3.05) is 13.2 Å². The van der Waals surface area contributed by atoms with Crippen LogP contribution in [0, 0.1) is 0 Å². The van der Waals surface area contributed by atoms with E-state index in [-0.39, 0.29) is 19.4 Å². The highest BCUT2D eigenvalue weighted by Crippen LogP contribution is 2.26. The first-order chi connectivity index (χ1) is 38.2. The number of carbonyl (C=O) groups excluding carboxylic acids is 2. The van der Waals surface area contributed by atoms with Gasteiger partial charge in [0.1, 0.15) is 24.4 Å². The van der Waals surface area contributed by atoms with Crippen molar-refractivity contribution in [1.82, 2.24) is 5.32 Å². The van der Waals surface area contributed by atoms with Crippen LogP contribution in [0.25, 0.3) is 0 Å². The highest BCUT2D eigenvalue weighted by atomic mass is 16.7. The Morgan fingerprint density at radius 2 is 0.923 bits per heavy atom. The monoisotopic (exact) mass is 1100 g/mol. The normalized spacial score (nSPS) is 19.3. The Hall–Kier alpha value is -2.64. The van der Waals surface area contributed by atoms with E-state index in [0.717, 1.165) is 83.5 Å². The Labute approximate surface area is 478 Å². The minimum Gasteiger partial charge on any atom is -0.454 e. The summed E-state index contributed by atoms with van der Waals surface area (Å²) >= 11 is 0. The van der Waals surface area contributed by atoms with Gasteiger partial charge in [0.15, 0.2) is 12.4 Å². The second-order valence-electron chi connectivity index (χ2n) is 22.5. The summed E-state index contributed by atoms with van der Waals surface area (Å²) in [5, 5.41) is 57.0. The van der Waals surface area contributed by atoms with Crippen LogP contribution in [-0.4, -0.2) is 99.6 Å². The summed E-state index contributed by atoms with van der Waals surface area (Å²) in [6.45, 7) is 5.74. The van der Waals surface area contributed by atoms with Crippen LogP contribution < -0.4 is 5.32 Å². The van der Waals surface area contributed by atoms with E-state index >= 15 is 0 Å². The Bertz CT molecular complexity index is 1500. The second kappa shape index (κ2) is 54.9. The van der Waals surface area contributed by atoms with E-state index < -0.39 is 67.4 Å². The molecule has 1 heterocycles. The molecule has 6 N–H and O–H groups in total. The van der Waals surface area contributed by atoms with Crippen LogP contribution in [0.15, 0.2) is 60.8 Å². The predicted octanol–water partition coefficient (Wildman–Crippen LogP) is 15.8. The number of esters is 1. The van der Waals surface area contributed by atoms with Gasteiger partial charge in [0, 0.05) is 6.42 Å². The zero-order chi connectivity index (χ0) is 56.8. The molecule has 1 amide bonds. The highest BCUT2D eigenvalue weighted by Gasteiger charge is 2.47. The lowest BCUT2D eigenvalue weighted by Crippen LogP contribution is -2.61. The molecular weight excluding hydrogens is 979 g/mol. The van der Waals surface area contributed by atoms with Crippen molar-refractivity contribution in [1.29, 1.82) is 0 Å². The number of nitrogens with one attached hydrogen (secondary N) is 1. The average Bonchev–Trinajstić information content (AvgIpc) is 3.45. The molecule has 1 aliphatic heterocycles. The molecule has 8 atom stereocenters. The Morgan fingerprint density at radius 3 is 1.41 bits per heavy atom. The first kappa shape index (κ1) is 73.4. The maximum atomic E-state index is 13.4. The van der Waals surface area contributed by atoms with E-state index in [1.807, 2.05) is 6.08 Å². The summed E-state index contributed by atoms with van der Waals surface area (Å²) in [4.78, 5) is 26.6. The quantitative estimate of drug-likeness (QED) is 0.0149. The van der Waals surface area contributed by atoms with E-state index in [1.54, 1.807) is 6.08 Å². The first-order valence-corrected chi connectivity index (χ1v) is 32.6. The molecular formula is C67H121NO10. The van der Waals surface area contributed by atoms with E-state index in [4.69, 9.17) is 14.2 Å². The van der Waals surface area contributed by atoms with Crippen LogP contribution in [0.4, 0.5) is 0 Å². The minimum absolute atomic E-state index is 0.121. The van der Waals surface area contributed by atoms with Gasteiger partial charge in [-0.25, -0.2) is 0 Å². The summed E-state index contributed by atoms with van der Waals surface area (Å²) in [5.41, 5.74) is 0. The van der Waals surface area contributed by atoms with Gasteiger partial charge in [0.2, 0.25) is 5.91 Å².